The summed E-state index contributed by atoms with van der Waals surface area (Å²) in [6.45, 7) is 8.59. The summed E-state index contributed by atoms with van der Waals surface area (Å²) in [5.41, 5.74) is 6.66. The third-order valence-corrected chi connectivity index (χ3v) is 4.15. The van der Waals surface area contributed by atoms with Crippen molar-refractivity contribution in [3.8, 4) is 0 Å². The molecule has 0 saturated carbocycles. The fraction of sp³-hybridized carbons (Fsp3) is 0.538. The molecule has 4 heteroatoms. The largest absolute Gasteiger partial charge is 0.426 e. The van der Waals surface area contributed by atoms with E-state index in [-0.39, 0.29) is 29.4 Å². The second-order valence-corrected chi connectivity index (χ2v) is 5.99. The zero-order valence-electron chi connectivity index (χ0n) is 10.9. The molecule has 0 aliphatic carbocycles. The van der Waals surface area contributed by atoms with E-state index in [1.165, 1.54) is 6.07 Å². The molecular weight excluding hydrogens is 216 g/mol. The Kier molecular flexibility index (Phi) is 2.73. The lowest BCUT2D eigenvalue weighted by molar-refractivity contribution is 0.0375. The highest BCUT2D eigenvalue weighted by atomic mass is 19.1. The first-order valence-electron chi connectivity index (χ1n) is 5.96. The van der Waals surface area contributed by atoms with Crippen LogP contribution in [0.25, 0.3) is 0 Å². The van der Waals surface area contributed by atoms with Gasteiger partial charge in [0.2, 0.25) is 0 Å². The fourth-order valence-electron chi connectivity index (χ4n) is 2.21. The van der Waals surface area contributed by atoms with E-state index in [0.29, 0.717) is 0 Å². The fourth-order valence-corrected chi connectivity index (χ4v) is 2.21. The first-order chi connectivity index (χ1) is 7.73. The molecule has 1 aliphatic rings. The van der Waals surface area contributed by atoms with Gasteiger partial charge in [-0.05, 0) is 43.2 Å². The van der Waals surface area contributed by atoms with Gasteiger partial charge in [-0.3, -0.25) is 0 Å². The second kappa shape index (κ2) is 3.74. The van der Waals surface area contributed by atoms with Crippen molar-refractivity contribution in [1.82, 2.24) is 0 Å². The molecule has 17 heavy (non-hydrogen) atoms. The Hall–Kier alpha value is -1.03. The van der Waals surface area contributed by atoms with E-state index < -0.39 is 0 Å². The normalized spacial score (nSPS) is 21.8. The van der Waals surface area contributed by atoms with Crippen LogP contribution in [0.15, 0.2) is 18.2 Å². The summed E-state index contributed by atoms with van der Waals surface area (Å²) in [4.78, 5) is 0. The van der Waals surface area contributed by atoms with Crippen LogP contribution in [0.2, 0.25) is 6.32 Å². The van der Waals surface area contributed by atoms with Gasteiger partial charge in [0.05, 0.1) is 11.3 Å². The Morgan fingerprint density at radius 2 is 1.94 bits per heavy atom. The lowest BCUT2D eigenvalue weighted by Crippen LogP contribution is -2.36. The molecule has 2 rings (SSSR count). The molecule has 0 spiro atoms. The molecule has 2 N–H and O–H groups in total. The molecule has 0 unspecified atom stereocenters. The number of benzene rings is 1. The van der Waals surface area contributed by atoms with Crippen LogP contribution in [0.1, 0.15) is 27.7 Å². The van der Waals surface area contributed by atoms with Gasteiger partial charge in [-0.2, -0.15) is 0 Å². The van der Waals surface area contributed by atoms with Gasteiger partial charge < -0.3 is 10.4 Å². The standard InChI is InChI=1S/C13H19BFNO/c1-12(2)8-14(17-13(12,3)4)9-5-6-10(15)11(16)7-9/h5-7H,8,16H2,1-4H3. The molecule has 1 aromatic carbocycles. The molecule has 1 aromatic rings. The second-order valence-electron chi connectivity index (χ2n) is 5.99. The maximum Gasteiger partial charge on any atom is 0.328 e. The minimum absolute atomic E-state index is 0.00269. The summed E-state index contributed by atoms with van der Waals surface area (Å²) in [5.74, 6) is -0.370. The van der Waals surface area contributed by atoms with Gasteiger partial charge in [-0.1, -0.05) is 19.9 Å². The van der Waals surface area contributed by atoms with Crippen molar-refractivity contribution >= 4 is 18.1 Å². The molecule has 1 aliphatic heterocycles. The van der Waals surface area contributed by atoms with Gasteiger partial charge in [0, 0.05) is 0 Å². The van der Waals surface area contributed by atoms with Crippen molar-refractivity contribution in [3.05, 3.63) is 24.0 Å². The Morgan fingerprint density at radius 3 is 2.41 bits per heavy atom. The van der Waals surface area contributed by atoms with E-state index in [4.69, 9.17) is 10.4 Å². The lowest BCUT2D eigenvalue weighted by atomic mass is 9.54. The smallest absolute Gasteiger partial charge is 0.328 e. The van der Waals surface area contributed by atoms with Crippen LogP contribution in [0.4, 0.5) is 10.1 Å². The van der Waals surface area contributed by atoms with E-state index in [2.05, 4.69) is 27.7 Å². The van der Waals surface area contributed by atoms with Crippen molar-refractivity contribution in [2.24, 2.45) is 5.41 Å². The number of anilines is 1. The summed E-state index contributed by atoms with van der Waals surface area (Å²) in [6.07, 6.45) is 0.922. The summed E-state index contributed by atoms with van der Waals surface area (Å²) in [7, 11) is 0. The third-order valence-electron chi connectivity index (χ3n) is 4.15. The number of nitrogens with two attached hydrogens (primary N) is 1. The number of hydrogen-bond acceptors (Lipinski definition) is 2. The molecule has 2 nitrogen and oxygen atoms in total. The van der Waals surface area contributed by atoms with Crippen LogP contribution in [0.3, 0.4) is 0 Å². The average Bonchev–Trinajstić information content (AvgIpc) is 2.41. The molecule has 92 valence electrons. The van der Waals surface area contributed by atoms with Gasteiger partial charge in [0.1, 0.15) is 5.82 Å². The quantitative estimate of drug-likeness (QED) is 0.599. The van der Waals surface area contributed by atoms with Crippen molar-refractivity contribution in [2.75, 3.05) is 5.73 Å². The zero-order chi connectivity index (χ0) is 12.8. The van der Waals surface area contributed by atoms with Crippen molar-refractivity contribution < 1.29 is 9.04 Å². The maximum atomic E-state index is 13.1. The summed E-state index contributed by atoms with van der Waals surface area (Å²) >= 11 is 0. The Labute approximate surface area is 102 Å². The van der Waals surface area contributed by atoms with E-state index in [0.717, 1.165) is 11.8 Å². The van der Waals surface area contributed by atoms with E-state index >= 15 is 0 Å². The first-order valence-corrected chi connectivity index (χ1v) is 5.96. The van der Waals surface area contributed by atoms with E-state index in [1.54, 1.807) is 12.1 Å². The zero-order valence-corrected chi connectivity index (χ0v) is 10.9. The highest BCUT2D eigenvalue weighted by Crippen LogP contribution is 2.45. The van der Waals surface area contributed by atoms with Crippen LogP contribution in [0.5, 0.6) is 0 Å². The van der Waals surface area contributed by atoms with Crippen molar-refractivity contribution in [3.63, 3.8) is 0 Å². The topological polar surface area (TPSA) is 35.2 Å². The van der Waals surface area contributed by atoms with Gasteiger partial charge >= 0.3 is 6.92 Å². The van der Waals surface area contributed by atoms with Crippen molar-refractivity contribution in [1.29, 1.82) is 0 Å². The highest BCUT2D eigenvalue weighted by Gasteiger charge is 2.49. The Morgan fingerprint density at radius 1 is 1.29 bits per heavy atom. The van der Waals surface area contributed by atoms with Crippen LogP contribution in [-0.2, 0) is 4.65 Å². The van der Waals surface area contributed by atoms with Crippen LogP contribution >= 0.6 is 0 Å². The van der Waals surface area contributed by atoms with Gasteiger partial charge in [-0.15, -0.1) is 0 Å². The minimum atomic E-state index is -0.370. The van der Waals surface area contributed by atoms with Gasteiger partial charge in [0.25, 0.3) is 0 Å². The molecular formula is C13H19BFNO. The predicted molar refractivity (Wildman–Crippen MR) is 70.0 cm³/mol. The monoisotopic (exact) mass is 235 g/mol. The molecule has 1 heterocycles. The van der Waals surface area contributed by atoms with Crippen LogP contribution < -0.4 is 11.2 Å². The summed E-state index contributed by atoms with van der Waals surface area (Å²) in [6, 6.07) is 4.84. The Bertz CT molecular complexity index is 429. The predicted octanol–water partition coefficient (Wildman–Crippen LogP) is 2.44. The van der Waals surface area contributed by atoms with Gasteiger partial charge in [0.15, 0.2) is 0 Å². The average molecular weight is 235 g/mol. The summed E-state index contributed by atoms with van der Waals surface area (Å²) in [5, 5.41) is 0. The lowest BCUT2D eigenvalue weighted by Gasteiger charge is -2.34. The number of hydrogen-bond donors (Lipinski definition) is 1. The number of rotatable bonds is 1. The summed E-state index contributed by atoms with van der Waals surface area (Å²) < 4.78 is 19.2. The molecule has 1 saturated heterocycles. The SMILES string of the molecule is CC1(C)CB(c2ccc(F)c(N)c2)OC1(C)C. The molecule has 0 atom stereocenters. The number of nitrogen functional groups attached to an aromatic ring is 1. The third kappa shape index (κ3) is 2.06. The van der Waals surface area contributed by atoms with Crippen molar-refractivity contribution in [2.45, 2.75) is 39.6 Å². The molecule has 1 fully saturated rings. The molecule has 0 radical (unpaired) electrons. The van der Waals surface area contributed by atoms with E-state index in [9.17, 15) is 4.39 Å². The first kappa shape index (κ1) is 12.4. The number of halogens is 1. The molecule has 0 bridgehead atoms. The maximum absolute atomic E-state index is 13.1. The minimum Gasteiger partial charge on any atom is -0.426 e. The van der Waals surface area contributed by atoms with Crippen LogP contribution in [0, 0.1) is 11.2 Å². The van der Waals surface area contributed by atoms with Gasteiger partial charge in [-0.25, -0.2) is 4.39 Å². The highest BCUT2D eigenvalue weighted by molar-refractivity contribution is 6.68. The Balaban J connectivity index is 2.29. The van der Waals surface area contributed by atoms with Crippen LogP contribution in [-0.4, -0.2) is 12.5 Å². The molecule has 0 amide bonds. The van der Waals surface area contributed by atoms with E-state index in [1.807, 2.05) is 0 Å². The molecule has 0 aromatic heterocycles.